The number of methoxy groups -OCH3 is 2. The maximum Gasteiger partial charge on any atom is 0.278 e. The van der Waals surface area contributed by atoms with Crippen LogP contribution in [0.1, 0.15) is 16.2 Å². The molecule has 0 bridgehead atoms. The van der Waals surface area contributed by atoms with Gasteiger partial charge in [0.05, 0.1) is 25.6 Å². The molecule has 0 atom stereocenters. The summed E-state index contributed by atoms with van der Waals surface area (Å²) in [6, 6.07) is 14.7. The van der Waals surface area contributed by atoms with Crippen molar-refractivity contribution in [3.8, 4) is 17.2 Å². The summed E-state index contributed by atoms with van der Waals surface area (Å²) in [6.07, 6.45) is 0. The van der Waals surface area contributed by atoms with E-state index in [9.17, 15) is 4.79 Å². The molecule has 0 aliphatic rings. The molecule has 1 aromatic heterocycles. The van der Waals surface area contributed by atoms with Crippen LogP contribution >= 0.6 is 0 Å². The van der Waals surface area contributed by atoms with Crippen molar-refractivity contribution in [3.63, 3.8) is 0 Å². The number of hydrogen-bond acceptors (Lipinski definition) is 5. The van der Waals surface area contributed by atoms with Crippen LogP contribution in [-0.4, -0.2) is 35.1 Å². The predicted octanol–water partition coefficient (Wildman–Crippen LogP) is 2.85. The summed E-state index contributed by atoms with van der Waals surface area (Å²) in [5, 5.41) is 10.9. The van der Waals surface area contributed by atoms with Crippen molar-refractivity contribution in [2.75, 3.05) is 19.5 Å². The number of nitrogens with zero attached hydrogens (tertiary/aromatic N) is 3. The smallest absolute Gasteiger partial charge is 0.278 e. The predicted molar refractivity (Wildman–Crippen MR) is 93.6 cm³/mol. The molecule has 7 nitrogen and oxygen atoms in total. The van der Waals surface area contributed by atoms with E-state index in [1.807, 2.05) is 30.3 Å². The van der Waals surface area contributed by atoms with Crippen LogP contribution in [0.5, 0.6) is 11.5 Å². The van der Waals surface area contributed by atoms with Gasteiger partial charge in [-0.2, -0.15) is 0 Å². The first-order chi connectivity index (χ1) is 12.1. The number of para-hydroxylation sites is 1. The first-order valence-corrected chi connectivity index (χ1v) is 7.65. The molecule has 1 N–H and O–H groups in total. The lowest BCUT2D eigenvalue weighted by atomic mass is 10.2. The van der Waals surface area contributed by atoms with Gasteiger partial charge in [-0.3, -0.25) is 4.79 Å². The molecular weight excluding hydrogens is 320 g/mol. The lowest BCUT2D eigenvalue weighted by Gasteiger charge is -2.10. The first-order valence-electron chi connectivity index (χ1n) is 7.65. The van der Waals surface area contributed by atoms with Gasteiger partial charge in [-0.05, 0) is 31.2 Å². The van der Waals surface area contributed by atoms with Gasteiger partial charge in [0.2, 0.25) is 0 Å². The highest BCUT2D eigenvalue weighted by atomic mass is 16.5. The van der Waals surface area contributed by atoms with Gasteiger partial charge >= 0.3 is 0 Å². The van der Waals surface area contributed by atoms with Crippen molar-refractivity contribution in [1.29, 1.82) is 0 Å². The molecule has 0 fully saturated rings. The third kappa shape index (κ3) is 3.30. The quantitative estimate of drug-likeness (QED) is 0.774. The molecule has 0 aliphatic carbocycles. The van der Waals surface area contributed by atoms with Gasteiger partial charge in [-0.25, -0.2) is 4.68 Å². The van der Waals surface area contributed by atoms with Crippen molar-refractivity contribution in [3.05, 3.63) is 59.9 Å². The molecule has 0 saturated carbocycles. The van der Waals surface area contributed by atoms with E-state index in [0.29, 0.717) is 22.9 Å². The minimum absolute atomic E-state index is 0.263. The Bertz CT molecular complexity index is 891. The Kier molecular flexibility index (Phi) is 4.65. The summed E-state index contributed by atoms with van der Waals surface area (Å²) in [6.45, 7) is 1.80. The lowest BCUT2D eigenvalue weighted by Crippen LogP contribution is -2.14. The van der Waals surface area contributed by atoms with Crippen molar-refractivity contribution >= 4 is 11.6 Å². The molecule has 3 aromatic rings. The highest BCUT2D eigenvalue weighted by molar-refractivity contribution is 6.03. The van der Waals surface area contributed by atoms with E-state index in [2.05, 4.69) is 15.6 Å². The molecule has 0 aliphatic heterocycles. The second-order valence-electron chi connectivity index (χ2n) is 5.29. The van der Waals surface area contributed by atoms with Crippen LogP contribution in [0.25, 0.3) is 5.69 Å². The molecule has 128 valence electrons. The molecule has 2 aromatic carbocycles. The van der Waals surface area contributed by atoms with Crippen molar-refractivity contribution in [2.24, 2.45) is 0 Å². The van der Waals surface area contributed by atoms with Crippen molar-refractivity contribution in [1.82, 2.24) is 15.0 Å². The summed E-state index contributed by atoms with van der Waals surface area (Å²) in [5.74, 6) is 0.781. The minimum atomic E-state index is -0.341. The van der Waals surface area contributed by atoms with Crippen LogP contribution in [0.3, 0.4) is 0 Å². The number of benzene rings is 2. The van der Waals surface area contributed by atoms with Crippen LogP contribution in [0.15, 0.2) is 48.5 Å². The minimum Gasteiger partial charge on any atom is -0.493 e. The summed E-state index contributed by atoms with van der Waals surface area (Å²) in [4.78, 5) is 12.5. The molecule has 0 spiro atoms. The number of carbonyl (C=O) groups is 1. The molecule has 0 unspecified atom stereocenters. The molecular formula is C18H18N4O3. The average molecular weight is 338 g/mol. The Morgan fingerprint density at radius 1 is 1.04 bits per heavy atom. The Labute approximate surface area is 145 Å². The van der Waals surface area contributed by atoms with E-state index in [4.69, 9.17) is 9.47 Å². The number of carbonyl (C=O) groups excluding carboxylic acids is 1. The van der Waals surface area contributed by atoms with E-state index in [1.165, 1.54) is 0 Å². The third-order valence-corrected chi connectivity index (χ3v) is 3.75. The van der Waals surface area contributed by atoms with Gasteiger partial charge in [-0.15, -0.1) is 5.10 Å². The zero-order valence-electron chi connectivity index (χ0n) is 14.2. The molecule has 1 amide bonds. The molecule has 0 saturated heterocycles. The highest BCUT2D eigenvalue weighted by Gasteiger charge is 2.18. The number of aromatic nitrogens is 3. The molecule has 0 radical (unpaired) electrons. The van der Waals surface area contributed by atoms with E-state index >= 15 is 0 Å². The number of nitrogens with one attached hydrogen (secondary N) is 1. The van der Waals surface area contributed by atoms with Crippen LogP contribution in [0.2, 0.25) is 0 Å². The number of rotatable bonds is 5. The zero-order chi connectivity index (χ0) is 17.8. The number of hydrogen-bond donors (Lipinski definition) is 1. The van der Waals surface area contributed by atoms with Gasteiger partial charge in [0.15, 0.2) is 17.2 Å². The number of amides is 1. The normalized spacial score (nSPS) is 10.4. The molecule has 3 rings (SSSR count). The fourth-order valence-electron chi connectivity index (χ4n) is 2.46. The van der Waals surface area contributed by atoms with Crippen LogP contribution in [-0.2, 0) is 0 Å². The SMILES string of the molecule is COc1ccc(NC(=O)c2nnn(-c3ccccc3)c2C)cc1OC. The maximum atomic E-state index is 12.5. The topological polar surface area (TPSA) is 78.3 Å². The Morgan fingerprint density at radius 3 is 2.44 bits per heavy atom. The van der Waals surface area contributed by atoms with Gasteiger partial charge in [0, 0.05) is 11.8 Å². The highest BCUT2D eigenvalue weighted by Crippen LogP contribution is 2.30. The summed E-state index contributed by atoms with van der Waals surface area (Å²) in [7, 11) is 3.10. The summed E-state index contributed by atoms with van der Waals surface area (Å²) >= 11 is 0. The van der Waals surface area contributed by atoms with E-state index in [-0.39, 0.29) is 11.6 Å². The first kappa shape index (κ1) is 16.5. The van der Waals surface area contributed by atoms with Crippen molar-refractivity contribution in [2.45, 2.75) is 6.92 Å². The standard InChI is InChI=1S/C18H18N4O3/c1-12-17(20-21-22(12)14-7-5-4-6-8-14)18(23)19-13-9-10-15(24-2)16(11-13)25-3/h4-11H,1-3H3,(H,19,23). The Balaban J connectivity index is 1.84. The van der Waals surface area contributed by atoms with Gasteiger partial charge in [0.1, 0.15) is 0 Å². The van der Waals surface area contributed by atoms with E-state index in [0.717, 1.165) is 5.69 Å². The molecule has 7 heteroatoms. The number of anilines is 1. The third-order valence-electron chi connectivity index (χ3n) is 3.75. The summed E-state index contributed by atoms with van der Waals surface area (Å²) < 4.78 is 12.1. The second-order valence-corrected chi connectivity index (χ2v) is 5.29. The molecule has 1 heterocycles. The van der Waals surface area contributed by atoms with Gasteiger partial charge in [0.25, 0.3) is 5.91 Å². The van der Waals surface area contributed by atoms with Gasteiger partial charge in [-0.1, -0.05) is 23.4 Å². The second kappa shape index (κ2) is 7.04. The van der Waals surface area contributed by atoms with Crippen LogP contribution in [0.4, 0.5) is 5.69 Å². The number of ether oxygens (including phenoxy) is 2. The lowest BCUT2D eigenvalue weighted by molar-refractivity contribution is 0.102. The molecule has 25 heavy (non-hydrogen) atoms. The fraction of sp³-hybridized carbons (Fsp3) is 0.167. The van der Waals surface area contributed by atoms with Crippen LogP contribution < -0.4 is 14.8 Å². The average Bonchev–Trinajstić information content (AvgIpc) is 3.03. The van der Waals surface area contributed by atoms with Crippen LogP contribution in [0, 0.1) is 6.92 Å². The zero-order valence-corrected chi connectivity index (χ0v) is 14.2. The van der Waals surface area contributed by atoms with Gasteiger partial charge < -0.3 is 14.8 Å². The Hall–Kier alpha value is -3.35. The van der Waals surface area contributed by atoms with E-state index in [1.54, 1.807) is 44.0 Å². The fourth-order valence-corrected chi connectivity index (χ4v) is 2.46. The largest absolute Gasteiger partial charge is 0.493 e. The maximum absolute atomic E-state index is 12.5. The van der Waals surface area contributed by atoms with E-state index < -0.39 is 0 Å². The summed E-state index contributed by atoms with van der Waals surface area (Å²) in [5.41, 5.74) is 2.34. The Morgan fingerprint density at radius 2 is 1.76 bits per heavy atom. The van der Waals surface area contributed by atoms with Crippen molar-refractivity contribution < 1.29 is 14.3 Å². The monoisotopic (exact) mass is 338 g/mol.